The number of halogens is 7. The number of hydrogen-bond acceptors (Lipinski definition) is 4. The van der Waals surface area contributed by atoms with Crippen molar-refractivity contribution in [1.29, 1.82) is 0 Å². The van der Waals surface area contributed by atoms with Gasteiger partial charge in [-0.2, -0.15) is 8.75 Å². The summed E-state index contributed by atoms with van der Waals surface area (Å²) in [5, 5.41) is 0. The van der Waals surface area contributed by atoms with E-state index in [1.54, 1.807) is 0 Å². The lowest BCUT2D eigenvalue weighted by molar-refractivity contribution is 0.381. The monoisotopic (exact) mass is 498 g/mol. The molecule has 2 aromatic heterocycles. The molecule has 0 bridgehead atoms. The fraction of sp³-hybridized carbons (Fsp3) is 0. The fourth-order valence-electron chi connectivity index (χ4n) is 2.33. The molecule has 4 rings (SSSR count). The molecular formula is C13HBr2F5N4S. The molecule has 2 aromatic carbocycles. The quantitative estimate of drug-likeness (QED) is 0.215. The number of imidazole rings is 1. The van der Waals surface area contributed by atoms with Gasteiger partial charge < -0.3 is 4.98 Å². The van der Waals surface area contributed by atoms with Gasteiger partial charge in [0.25, 0.3) is 0 Å². The summed E-state index contributed by atoms with van der Waals surface area (Å²) in [6.45, 7) is 0. The van der Waals surface area contributed by atoms with E-state index >= 15 is 0 Å². The third-order valence-corrected chi connectivity index (χ3v) is 5.53. The molecule has 0 saturated heterocycles. The molecule has 0 aliphatic heterocycles. The Kier molecular flexibility index (Phi) is 3.81. The van der Waals surface area contributed by atoms with Crippen LogP contribution in [-0.4, -0.2) is 18.7 Å². The first-order valence-electron chi connectivity index (χ1n) is 6.33. The highest BCUT2D eigenvalue weighted by atomic mass is 79.9. The Balaban J connectivity index is 2.11. The third kappa shape index (κ3) is 2.23. The van der Waals surface area contributed by atoms with Crippen molar-refractivity contribution < 1.29 is 22.0 Å². The second-order valence-electron chi connectivity index (χ2n) is 4.84. The molecular weight excluding hydrogens is 499 g/mol. The van der Waals surface area contributed by atoms with Crippen LogP contribution in [0.5, 0.6) is 0 Å². The predicted molar refractivity (Wildman–Crippen MR) is 87.7 cm³/mol. The number of benzene rings is 2. The molecule has 0 radical (unpaired) electrons. The summed E-state index contributed by atoms with van der Waals surface area (Å²) in [4.78, 5) is 6.55. The lowest BCUT2D eigenvalue weighted by atomic mass is 10.1. The van der Waals surface area contributed by atoms with Crippen LogP contribution in [0, 0.1) is 29.1 Å². The van der Waals surface area contributed by atoms with Crippen LogP contribution in [0.3, 0.4) is 0 Å². The smallest absolute Gasteiger partial charge is 0.200 e. The second kappa shape index (κ2) is 5.68. The first-order chi connectivity index (χ1) is 11.8. The molecule has 2 heterocycles. The number of nitrogens with zero attached hydrogens (tertiary/aromatic N) is 3. The molecule has 0 saturated carbocycles. The zero-order chi connectivity index (χ0) is 18.0. The number of nitrogens with one attached hydrogen (secondary N) is 1. The van der Waals surface area contributed by atoms with Crippen molar-refractivity contribution >= 4 is 65.7 Å². The molecule has 0 spiro atoms. The molecule has 1 N–H and O–H groups in total. The maximum absolute atomic E-state index is 14.0. The van der Waals surface area contributed by atoms with Crippen LogP contribution in [0.15, 0.2) is 8.95 Å². The van der Waals surface area contributed by atoms with E-state index in [9.17, 15) is 22.0 Å². The Bertz CT molecular complexity index is 1110. The van der Waals surface area contributed by atoms with Gasteiger partial charge in [0.1, 0.15) is 22.4 Å². The van der Waals surface area contributed by atoms with Gasteiger partial charge in [-0.3, -0.25) is 0 Å². The van der Waals surface area contributed by atoms with Gasteiger partial charge in [0.2, 0.25) is 5.82 Å². The van der Waals surface area contributed by atoms with Crippen LogP contribution in [0.1, 0.15) is 0 Å². The van der Waals surface area contributed by atoms with E-state index in [0.717, 1.165) is 11.7 Å². The molecule has 128 valence electrons. The third-order valence-electron chi connectivity index (χ3n) is 3.48. The summed E-state index contributed by atoms with van der Waals surface area (Å²) in [6.07, 6.45) is 0. The minimum Gasteiger partial charge on any atom is -0.337 e. The van der Waals surface area contributed by atoms with Crippen molar-refractivity contribution in [2.24, 2.45) is 0 Å². The summed E-state index contributed by atoms with van der Waals surface area (Å²) in [7, 11) is 0. The minimum absolute atomic E-state index is 0.200. The molecule has 25 heavy (non-hydrogen) atoms. The molecule has 4 aromatic rings. The number of aromatic amines is 1. The van der Waals surface area contributed by atoms with E-state index in [2.05, 4.69) is 50.6 Å². The number of hydrogen-bond donors (Lipinski definition) is 1. The summed E-state index contributed by atoms with van der Waals surface area (Å²) in [5.74, 6) is -10.8. The SMILES string of the molecule is Fc1c(F)c(F)c(-c2nc3c(Br)c4nsnc4c(Br)c3[nH]2)c(F)c1F. The molecule has 0 fully saturated rings. The average Bonchev–Trinajstić information content (AvgIpc) is 3.24. The lowest BCUT2D eigenvalue weighted by Crippen LogP contribution is -2.04. The van der Waals surface area contributed by atoms with E-state index in [0.29, 0.717) is 20.0 Å². The van der Waals surface area contributed by atoms with Crippen molar-refractivity contribution in [3.05, 3.63) is 38.0 Å². The zero-order valence-corrected chi connectivity index (χ0v) is 15.4. The van der Waals surface area contributed by atoms with Gasteiger partial charge in [-0.15, -0.1) is 0 Å². The van der Waals surface area contributed by atoms with Gasteiger partial charge in [-0.1, -0.05) is 0 Å². The Hall–Kier alpha value is -1.66. The minimum atomic E-state index is -2.23. The maximum Gasteiger partial charge on any atom is 0.200 e. The van der Waals surface area contributed by atoms with Crippen molar-refractivity contribution in [3.8, 4) is 11.4 Å². The Labute approximate surface area is 155 Å². The summed E-state index contributed by atoms with van der Waals surface area (Å²) < 4.78 is 77.0. The van der Waals surface area contributed by atoms with E-state index < -0.39 is 40.5 Å². The molecule has 0 aliphatic rings. The molecule has 0 atom stereocenters. The van der Waals surface area contributed by atoms with Crippen LogP contribution >= 0.6 is 43.6 Å². The molecule has 12 heteroatoms. The van der Waals surface area contributed by atoms with Crippen molar-refractivity contribution in [2.45, 2.75) is 0 Å². The van der Waals surface area contributed by atoms with Gasteiger partial charge >= 0.3 is 0 Å². The molecule has 4 nitrogen and oxygen atoms in total. The van der Waals surface area contributed by atoms with Gasteiger partial charge in [0.05, 0.1) is 31.8 Å². The van der Waals surface area contributed by atoms with Crippen molar-refractivity contribution in [1.82, 2.24) is 18.7 Å². The number of fused-ring (bicyclic) bond motifs is 2. The fourth-order valence-corrected chi connectivity index (χ4v) is 4.25. The predicted octanol–water partition coefficient (Wildman–Crippen LogP) is 5.46. The van der Waals surface area contributed by atoms with Gasteiger partial charge in [-0.05, 0) is 31.9 Å². The largest absolute Gasteiger partial charge is 0.337 e. The van der Waals surface area contributed by atoms with Crippen LogP contribution in [0.25, 0.3) is 33.5 Å². The Morgan fingerprint density at radius 3 is 1.84 bits per heavy atom. The first kappa shape index (κ1) is 16.8. The Morgan fingerprint density at radius 2 is 1.24 bits per heavy atom. The topological polar surface area (TPSA) is 54.5 Å². The molecule has 0 unspecified atom stereocenters. The number of rotatable bonds is 1. The van der Waals surface area contributed by atoms with Crippen LogP contribution < -0.4 is 0 Å². The Morgan fingerprint density at radius 1 is 0.720 bits per heavy atom. The summed E-state index contributed by atoms with van der Waals surface area (Å²) in [5.41, 5.74) is 0.226. The molecule has 0 amide bonds. The zero-order valence-electron chi connectivity index (χ0n) is 11.4. The normalized spacial score (nSPS) is 11.8. The van der Waals surface area contributed by atoms with Crippen LogP contribution in [-0.2, 0) is 0 Å². The van der Waals surface area contributed by atoms with E-state index in [4.69, 9.17) is 0 Å². The average molecular weight is 500 g/mol. The van der Waals surface area contributed by atoms with E-state index in [1.807, 2.05) is 0 Å². The van der Waals surface area contributed by atoms with Crippen LogP contribution in [0.4, 0.5) is 22.0 Å². The highest BCUT2D eigenvalue weighted by Gasteiger charge is 2.29. The second-order valence-corrected chi connectivity index (χ2v) is 6.96. The summed E-state index contributed by atoms with van der Waals surface area (Å²) in [6, 6.07) is 0. The van der Waals surface area contributed by atoms with Gasteiger partial charge in [-0.25, -0.2) is 26.9 Å². The number of H-pyrrole nitrogens is 1. The lowest BCUT2D eigenvalue weighted by Gasteiger charge is -2.05. The molecule has 0 aliphatic carbocycles. The van der Waals surface area contributed by atoms with Crippen molar-refractivity contribution in [2.75, 3.05) is 0 Å². The first-order valence-corrected chi connectivity index (χ1v) is 8.65. The van der Waals surface area contributed by atoms with E-state index in [1.165, 1.54) is 0 Å². The highest BCUT2D eigenvalue weighted by Crippen LogP contribution is 2.39. The van der Waals surface area contributed by atoms with Gasteiger partial charge in [0.15, 0.2) is 23.3 Å². The van der Waals surface area contributed by atoms with E-state index in [-0.39, 0.29) is 11.0 Å². The van der Waals surface area contributed by atoms with Crippen LogP contribution in [0.2, 0.25) is 0 Å². The standard InChI is InChI=1S/C13HBr2F5N4S/c14-2-9-10(3(15)12-11(2)23-25-24-12)22-13(21-9)1-4(16)6(18)8(20)7(19)5(1)17/h(H,21,22). The van der Waals surface area contributed by atoms with Gasteiger partial charge in [0, 0.05) is 0 Å². The summed E-state index contributed by atoms with van der Waals surface area (Å²) >= 11 is 7.48. The number of aromatic nitrogens is 4. The highest BCUT2D eigenvalue weighted by molar-refractivity contribution is 9.11. The van der Waals surface area contributed by atoms with Crippen molar-refractivity contribution in [3.63, 3.8) is 0 Å². The maximum atomic E-state index is 14.0.